The number of hydrogen-bond acceptors (Lipinski definition) is 4. The summed E-state index contributed by atoms with van der Waals surface area (Å²) in [5.41, 5.74) is 0. The standard InChI is InChI=1S/C15H27N3O2/c1-10(2)12-9-20-15(19-6)18(12)13(11(3)4)14-16-7-8-17(14)5/h7-8,10-13,15H,9H2,1-6H3. The SMILES string of the molecule is COC1OCC(C(C)C)N1C(c1nccn1C)C(C)C. The van der Waals surface area contributed by atoms with Crippen molar-refractivity contribution < 1.29 is 9.47 Å². The summed E-state index contributed by atoms with van der Waals surface area (Å²) in [6.07, 6.45) is 3.56. The van der Waals surface area contributed by atoms with E-state index in [1.165, 1.54) is 0 Å². The second kappa shape index (κ2) is 6.24. The molecule has 5 nitrogen and oxygen atoms in total. The predicted octanol–water partition coefficient (Wildman–Crippen LogP) is 2.40. The Bertz CT molecular complexity index is 431. The minimum absolute atomic E-state index is 0.190. The molecule has 114 valence electrons. The molecule has 0 saturated carbocycles. The van der Waals surface area contributed by atoms with Crippen LogP contribution in [0.1, 0.15) is 39.6 Å². The third kappa shape index (κ3) is 2.75. The Hall–Kier alpha value is -0.910. The number of nitrogens with zero attached hydrogens (tertiary/aromatic N) is 3. The molecule has 1 saturated heterocycles. The molecule has 0 bridgehead atoms. The molecule has 1 aromatic rings. The van der Waals surface area contributed by atoms with Gasteiger partial charge in [0.05, 0.1) is 12.6 Å². The van der Waals surface area contributed by atoms with E-state index in [2.05, 4.69) is 42.1 Å². The van der Waals surface area contributed by atoms with E-state index in [1.807, 2.05) is 19.4 Å². The van der Waals surface area contributed by atoms with Crippen LogP contribution in [-0.4, -0.2) is 40.6 Å². The second-order valence-electron chi connectivity index (χ2n) is 6.22. The zero-order valence-electron chi connectivity index (χ0n) is 13.4. The number of aryl methyl sites for hydroxylation is 1. The lowest BCUT2D eigenvalue weighted by atomic mass is 9.96. The summed E-state index contributed by atoms with van der Waals surface area (Å²) in [7, 11) is 3.75. The van der Waals surface area contributed by atoms with Crippen molar-refractivity contribution in [1.82, 2.24) is 14.5 Å². The molecule has 3 atom stereocenters. The highest BCUT2D eigenvalue weighted by Gasteiger charge is 2.43. The summed E-state index contributed by atoms with van der Waals surface area (Å²) in [6.45, 7) is 9.62. The third-order valence-corrected chi connectivity index (χ3v) is 4.08. The minimum atomic E-state index is -0.286. The van der Waals surface area contributed by atoms with Crippen LogP contribution in [-0.2, 0) is 16.5 Å². The number of methoxy groups -OCH3 is 1. The van der Waals surface area contributed by atoms with Gasteiger partial charge < -0.3 is 14.0 Å². The topological polar surface area (TPSA) is 39.5 Å². The van der Waals surface area contributed by atoms with Gasteiger partial charge in [-0.1, -0.05) is 27.7 Å². The normalized spacial score (nSPS) is 25.8. The molecule has 0 radical (unpaired) electrons. The van der Waals surface area contributed by atoms with Crippen LogP contribution in [0, 0.1) is 11.8 Å². The molecule has 1 aromatic heterocycles. The van der Waals surface area contributed by atoms with Crippen LogP contribution in [0.3, 0.4) is 0 Å². The monoisotopic (exact) mass is 281 g/mol. The molecule has 5 heteroatoms. The first-order valence-electron chi connectivity index (χ1n) is 7.36. The van der Waals surface area contributed by atoms with Crippen molar-refractivity contribution >= 4 is 0 Å². The van der Waals surface area contributed by atoms with Crippen LogP contribution in [0.2, 0.25) is 0 Å². The molecular weight excluding hydrogens is 254 g/mol. The maximum absolute atomic E-state index is 5.82. The molecule has 1 aliphatic rings. The van der Waals surface area contributed by atoms with E-state index >= 15 is 0 Å². The Labute approximate surface area is 121 Å². The van der Waals surface area contributed by atoms with Crippen molar-refractivity contribution in [3.05, 3.63) is 18.2 Å². The Morgan fingerprint density at radius 1 is 1.35 bits per heavy atom. The van der Waals surface area contributed by atoms with Crippen molar-refractivity contribution in [2.24, 2.45) is 18.9 Å². The lowest BCUT2D eigenvalue weighted by molar-refractivity contribution is -0.178. The van der Waals surface area contributed by atoms with Crippen LogP contribution >= 0.6 is 0 Å². The van der Waals surface area contributed by atoms with Crippen LogP contribution < -0.4 is 0 Å². The largest absolute Gasteiger partial charge is 0.343 e. The van der Waals surface area contributed by atoms with Crippen molar-refractivity contribution in [2.45, 2.75) is 46.2 Å². The summed E-state index contributed by atoms with van der Waals surface area (Å²) in [6, 6.07) is 0.541. The predicted molar refractivity (Wildman–Crippen MR) is 78.0 cm³/mol. The van der Waals surface area contributed by atoms with E-state index in [1.54, 1.807) is 7.11 Å². The molecular formula is C15H27N3O2. The van der Waals surface area contributed by atoms with E-state index in [0.29, 0.717) is 24.5 Å². The van der Waals surface area contributed by atoms with Crippen molar-refractivity contribution in [3.8, 4) is 0 Å². The summed E-state index contributed by atoms with van der Waals surface area (Å²) in [4.78, 5) is 6.90. The van der Waals surface area contributed by atoms with Crippen LogP contribution in [0.15, 0.2) is 12.4 Å². The molecule has 0 spiro atoms. The smallest absolute Gasteiger partial charge is 0.219 e. The Morgan fingerprint density at radius 2 is 2.05 bits per heavy atom. The lowest BCUT2D eigenvalue weighted by Crippen LogP contribution is -2.45. The highest BCUT2D eigenvalue weighted by Crippen LogP contribution is 2.36. The van der Waals surface area contributed by atoms with E-state index in [0.717, 1.165) is 5.82 Å². The Kier molecular flexibility index (Phi) is 4.83. The van der Waals surface area contributed by atoms with Crippen LogP contribution in [0.25, 0.3) is 0 Å². The first kappa shape index (κ1) is 15.5. The van der Waals surface area contributed by atoms with Gasteiger partial charge >= 0.3 is 0 Å². The van der Waals surface area contributed by atoms with Crippen molar-refractivity contribution in [3.63, 3.8) is 0 Å². The van der Waals surface area contributed by atoms with E-state index in [9.17, 15) is 0 Å². The van der Waals surface area contributed by atoms with Gasteiger partial charge in [-0.05, 0) is 11.8 Å². The highest BCUT2D eigenvalue weighted by molar-refractivity contribution is 5.03. The van der Waals surface area contributed by atoms with Gasteiger partial charge in [0.25, 0.3) is 0 Å². The van der Waals surface area contributed by atoms with Crippen LogP contribution in [0.4, 0.5) is 0 Å². The maximum atomic E-state index is 5.82. The fourth-order valence-electron chi connectivity index (χ4n) is 3.01. The van der Waals surface area contributed by atoms with E-state index in [4.69, 9.17) is 9.47 Å². The van der Waals surface area contributed by atoms with Gasteiger partial charge in [-0.25, -0.2) is 9.88 Å². The number of ether oxygens (including phenoxy) is 2. The Balaban J connectivity index is 2.38. The molecule has 0 aromatic carbocycles. The van der Waals surface area contributed by atoms with Crippen LogP contribution in [0.5, 0.6) is 0 Å². The molecule has 20 heavy (non-hydrogen) atoms. The Morgan fingerprint density at radius 3 is 2.50 bits per heavy atom. The molecule has 2 rings (SSSR count). The van der Waals surface area contributed by atoms with Gasteiger partial charge in [-0.15, -0.1) is 0 Å². The maximum Gasteiger partial charge on any atom is 0.219 e. The van der Waals surface area contributed by atoms with Gasteiger partial charge in [0.2, 0.25) is 6.41 Å². The molecule has 1 fully saturated rings. The average molecular weight is 281 g/mol. The molecule has 0 aliphatic carbocycles. The fraction of sp³-hybridized carbons (Fsp3) is 0.800. The van der Waals surface area contributed by atoms with Gasteiger partial charge in [-0.2, -0.15) is 0 Å². The van der Waals surface area contributed by atoms with Gasteiger partial charge in [0, 0.05) is 32.6 Å². The quantitative estimate of drug-likeness (QED) is 0.831. The zero-order valence-corrected chi connectivity index (χ0v) is 13.4. The third-order valence-electron chi connectivity index (χ3n) is 4.08. The molecule has 0 amide bonds. The lowest BCUT2D eigenvalue weighted by Gasteiger charge is -2.38. The number of rotatable bonds is 5. The van der Waals surface area contributed by atoms with Crippen molar-refractivity contribution in [1.29, 1.82) is 0 Å². The van der Waals surface area contributed by atoms with E-state index < -0.39 is 0 Å². The summed E-state index contributed by atoms with van der Waals surface area (Å²) in [5, 5.41) is 0. The first-order chi connectivity index (χ1) is 9.47. The fourth-order valence-corrected chi connectivity index (χ4v) is 3.01. The zero-order chi connectivity index (χ0) is 14.9. The van der Waals surface area contributed by atoms with Gasteiger partial charge in [0.1, 0.15) is 5.82 Å². The van der Waals surface area contributed by atoms with Crippen molar-refractivity contribution in [2.75, 3.05) is 13.7 Å². The number of hydrogen-bond donors (Lipinski definition) is 0. The highest BCUT2D eigenvalue weighted by atomic mass is 16.7. The number of imidazole rings is 1. The minimum Gasteiger partial charge on any atom is -0.343 e. The molecule has 2 heterocycles. The van der Waals surface area contributed by atoms with Gasteiger partial charge in [0.15, 0.2) is 0 Å². The molecule has 0 N–H and O–H groups in total. The molecule has 1 aliphatic heterocycles. The summed E-state index contributed by atoms with van der Waals surface area (Å²) in [5.74, 6) is 2.01. The van der Waals surface area contributed by atoms with E-state index in [-0.39, 0.29) is 12.5 Å². The average Bonchev–Trinajstić information content (AvgIpc) is 2.97. The number of aromatic nitrogens is 2. The molecule has 3 unspecified atom stereocenters. The first-order valence-corrected chi connectivity index (χ1v) is 7.36. The summed E-state index contributed by atoms with van der Waals surface area (Å²) < 4.78 is 13.5. The van der Waals surface area contributed by atoms with Gasteiger partial charge in [-0.3, -0.25) is 0 Å². The second-order valence-corrected chi connectivity index (χ2v) is 6.22. The summed E-state index contributed by atoms with van der Waals surface area (Å²) >= 11 is 0.